The Balaban J connectivity index is 1.53. The number of ether oxygens (including phenoxy) is 1. The first-order valence-electron chi connectivity index (χ1n) is 9.43. The van der Waals surface area contributed by atoms with E-state index < -0.39 is 11.9 Å². The number of carbonyl (C=O) groups is 3. The number of carboxylic acid groups (broad SMARTS) is 1. The van der Waals surface area contributed by atoms with Gasteiger partial charge in [0.1, 0.15) is 5.75 Å². The summed E-state index contributed by atoms with van der Waals surface area (Å²) in [6, 6.07) is 9.16. The third kappa shape index (κ3) is 4.59. The monoisotopic (exact) mass is 374 g/mol. The molecular formula is C20H26N2O5. The number of nitrogens with zero attached hydrogens (tertiary/aromatic N) is 2. The van der Waals surface area contributed by atoms with Gasteiger partial charge in [0.15, 0.2) is 6.61 Å². The molecule has 1 aromatic carbocycles. The van der Waals surface area contributed by atoms with E-state index in [1.54, 1.807) is 21.9 Å². The molecule has 0 aliphatic carbocycles. The van der Waals surface area contributed by atoms with E-state index in [2.05, 4.69) is 0 Å². The molecule has 1 N–H and O–H groups in total. The minimum absolute atomic E-state index is 0.0351. The minimum Gasteiger partial charge on any atom is -0.484 e. The predicted octanol–water partition coefficient (Wildman–Crippen LogP) is 1.48. The number of piperidine rings is 1. The van der Waals surface area contributed by atoms with Gasteiger partial charge in [-0.15, -0.1) is 0 Å². The second kappa shape index (κ2) is 8.41. The standard InChI is InChI=1S/C20H26N2O5/c1-14-10-22(12-17(14)20(25)26)19(24)15-6-5-9-21(11-15)18(23)13-27-16-7-3-2-4-8-16/h2-4,7-8,14-15,17H,5-6,9-13H2,1H3,(H,25,26)/t14-,15?,17-/m1/s1. The number of hydrogen-bond donors (Lipinski definition) is 1. The molecule has 146 valence electrons. The van der Waals surface area contributed by atoms with Gasteiger partial charge in [0, 0.05) is 26.2 Å². The molecule has 0 bridgehead atoms. The fourth-order valence-corrected chi connectivity index (χ4v) is 3.88. The molecule has 27 heavy (non-hydrogen) atoms. The van der Waals surface area contributed by atoms with Crippen LogP contribution in [-0.2, 0) is 14.4 Å². The summed E-state index contributed by atoms with van der Waals surface area (Å²) in [6.07, 6.45) is 1.49. The highest BCUT2D eigenvalue weighted by molar-refractivity contribution is 5.83. The number of likely N-dealkylation sites (tertiary alicyclic amines) is 2. The van der Waals surface area contributed by atoms with Crippen molar-refractivity contribution in [3.8, 4) is 5.75 Å². The van der Waals surface area contributed by atoms with Crippen molar-refractivity contribution in [2.75, 3.05) is 32.8 Å². The third-order valence-corrected chi connectivity index (χ3v) is 5.47. The molecule has 2 saturated heterocycles. The molecule has 2 aliphatic rings. The van der Waals surface area contributed by atoms with E-state index in [-0.39, 0.29) is 36.8 Å². The molecule has 7 nitrogen and oxygen atoms in total. The van der Waals surface area contributed by atoms with E-state index in [1.165, 1.54) is 0 Å². The summed E-state index contributed by atoms with van der Waals surface area (Å²) in [6.45, 7) is 3.54. The number of aliphatic carboxylic acids is 1. The third-order valence-electron chi connectivity index (χ3n) is 5.47. The lowest BCUT2D eigenvalue weighted by Gasteiger charge is -2.34. The highest BCUT2D eigenvalue weighted by atomic mass is 16.5. The molecule has 0 radical (unpaired) electrons. The highest BCUT2D eigenvalue weighted by Crippen LogP contribution is 2.27. The van der Waals surface area contributed by atoms with Crippen LogP contribution < -0.4 is 4.74 Å². The molecule has 2 fully saturated rings. The number of benzene rings is 1. The van der Waals surface area contributed by atoms with Gasteiger partial charge in [-0.1, -0.05) is 25.1 Å². The Morgan fingerprint density at radius 1 is 1.11 bits per heavy atom. The van der Waals surface area contributed by atoms with Crippen molar-refractivity contribution in [1.82, 2.24) is 9.80 Å². The molecule has 1 unspecified atom stereocenters. The lowest BCUT2D eigenvalue weighted by Crippen LogP contribution is -2.47. The topological polar surface area (TPSA) is 87.2 Å². The van der Waals surface area contributed by atoms with Gasteiger partial charge in [0.25, 0.3) is 5.91 Å². The first kappa shape index (κ1) is 19.2. The van der Waals surface area contributed by atoms with Crippen molar-refractivity contribution in [2.45, 2.75) is 19.8 Å². The van der Waals surface area contributed by atoms with Crippen LogP contribution in [0.4, 0.5) is 0 Å². The SMILES string of the molecule is C[C@@H]1CN(C(=O)C2CCCN(C(=O)COc3ccccc3)C2)C[C@H]1C(=O)O. The Morgan fingerprint density at radius 2 is 1.85 bits per heavy atom. The Hall–Kier alpha value is -2.57. The van der Waals surface area contributed by atoms with Crippen LogP contribution in [0.5, 0.6) is 5.75 Å². The number of amides is 2. The van der Waals surface area contributed by atoms with Gasteiger partial charge in [-0.2, -0.15) is 0 Å². The van der Waals surface area contributed by atoms with Gasteiger partial charge in [-0.05, 0) is 30.9 Å². The largest absolute Gasteiger partial charge is 0.484 e. The predicted molar refractivity (Wildman–Crippen MR) is 98.1 cm³/mol. The van der Waals surface area contributed by atoms with Gasteiger partial charge in [-0.3, -0.25) is 14.4 Å². The second-order valence-electron chi connectivity index (χ2n) is 7.45. The summed E-state index contributed by atoms with van der Waals surface area (Å²) >= 11 is 0. The van der Waals surface area contributed by atoms with Crippen LogP contribution >= 0.6 is 0 Å². The van der Waals surface area contributed by atoms with Crippen molar-refractivity contribution in [3.63, 3.8) is 0 Å². The fraction of sp³-hybridized carbons (Fsp3) is 0.550. The molecule has 1 aromatic rings. The molecular weight excluding hydrogens is 348 g/mol. The zero-order chi connectivity index (χ0) is 19.4. The van der Waals surface area contributed by atoms with Crippen LogP contribution in [-0.4, -0.2) is 65.5 Å². The van der Waals surface area contributed by atoms with E-state index in [4.69, 9.17) is 4.74 Å². The normalized spacial score (nSPS) is 25.3. The number of para-hydroxylation sites is 1. The van der Waals surface area contributed by atoms with Gasteiger partial charge in [0.2, 0.25) is 5.91 Å². The number of hydrogen-bond acceptors (Lipinski definition) is 4. The summed E-state index contributed by atoms with van der Waals surface area (Å²) in [5, 5.41) is 9.26. The van der Waals surface area contributed by atoms with Gasteiger partial charge < -0.3 is 19.6 Å². The van der Waals surface area contributed by atoms with E-state index in [9.17, 15) is 19.5 Å². The van der Waals surface area contributed by atoms with Crippen LogP contribution in [0.25, 0.3) is 0 Å². The number of carboxylic acids is 1. The van der Waals surface area contributed by atoms with Crippen molar-refractivity contribution in [1.29, 1.82) is 0 Å². The quantitative estimate of drug-likeness (QED) is 0.844. The van der Waals surface area contributed by atoms with Crippen molar-refractivity contribution < 1.29 is 24.2 Å². The smallest absolute Gasteiger partial charge is 0.308 e. The average molecular weight is 374 g/mol. The first-order valence-corrected chi connectivity index (χ1v) is 9.43. The van der Waals surface area contributed by atoms with Crippen LogP contribution in [0, 0.1) is 17.8 Å². The van der Waals surface area contributed by atoms with Crippen molar-refractivity contribution in [3.05, 3.63) is 30.3 Å². The molecule has 3 rings (SSSR count). The lowest BCUT2D eigenvalue weighted by molar-refractivity contribution is -0.142. The van der Waals surface area contributed by atoms with E-state index >= 15 is 0 Å². The summed E-state index contributed by atoms with van der Waals surface area (Å²) in [5.41, 5.74) is 0. The Morgan fingerprint density at radius 3 is 2.52 bits per heavy atom. The Bertz CT molecular complexity index is 693. The Labute approximate surface area is 158 Å². The van der Waals surface area contributed by atoms with Crippen LogP contribution in [0.3, 0.4) is 0 Å². The van der Waals surface area contributed by atoms with Crippen LogP contribution in [0.15, 0.2) is 30.3 Å². The van der Waals surface area contributed by atoms with Gasteiger partial charge in [0.05, 0.1) is 11.8 Å². The molecule has 0 aromatic heterocycles. The Kier molecular flexibility index (Phi) is 5.98. The molecule has 2 aliphatic heterocycles. The zero-order valence-corrected chi connectivity index (χ0v) is 15.5. The zero-order valence-electron chi connectivity index (χ0n) is 15.5. The maximum Gasteiger partial charge on any atom is 0.308 e. The molecule has 0 saturated carbocycles. The average Bonchev–Trinajstić information content (AvgIpc) is 3.08. The number of rotatable bonds is 5. The fourth-order valence-electron chi connectivity index (χ4n) is 3.88. The molecule has 2 amide bonds. The van der Waals surface area contributed by atoms with Gasteiger partial charge >= 0.3 is 5.97 Å². The van der Waals surface area contributed by atoms with Crippen LogP contribution in [0.1, 0.15) is 19.8 Å². The minimum atomic E-state index is -0.851. The maximum absolute atomic E-state index is 12.8. The van der Waals surface area contributed by atoms with Crippen LogP contribution in [0.2, 0.25) is 0 Å². The summed E-state index contributed by atoms with van der Waals surface area (Å²) in [4.78, 5) is 39.9. The lowest BCUT2D eigenvalue weighted by atomic mass is 9.96. The summed E-state index contributed by atoms with van der Waals surface area (Å²) in [5.74, 6) is -1.19. The summed E-state index contributed by atoms with van der Waals surface area (Å²) < 4.78 is 5.52. The van der Waals surface area contributed by atoms with E-state index in [1.807, 2.05) is 25.1 Å². The van der Waals surface area contributed by atoms with Crippen molar-refractivity contribution >= 4 is 17.8 Å². The second-order valence-corrected chi connectivity index (χ2v) is 7.45. The van der Waals surface area contributed by atoms with E-state index in [0.29, 0.717) is 25.4 Å². The molecule has 2 heterocycles. The van der Waals surface area contributed by atoms with E-state index in [0.717, 1.165) is 12.8 Å². The molecule has 7 heteroatoms. The summed E-state index contributed by atoms with van der Waals surface area (Å²) in [7, 11) is 0. The number of carbonyl (C=O) groups excluding carboxylic acids is 2. The van der Waals surface area contributed by atoms with Gasteiger partial charge in [-0.25, -0.2) is 0 Å². The van der Waals surface area contributed by atoms with Crippen molar-refractivity contribution in [2.24, 2.45) is 17.8 Å². The molecule has 3 atom stereocenters. The maximum atomic E-state index is 12.8. The molecule has 0 spiro atoms. The first-order chi connectivity index (χ1) is 13.0. The highest BCUT2D eigenvalue weighted by Gasteiger charge is 2.40.